The SMILES string of the molecule is O=C(O)CCNC(=O)c1cccc(CN(CC(c2ccccc2)c2ccccc2)C(=O)c2csc3ccc(Cl)cc23)c1. The molecular weight excluding hydrogens is 568 g/mol. The van der Waals surface area contributed by atoms with E-state index in [0.717, 1.165) is 26.8 Å². The van der Waals surface area contributed by atoms with E-state index in [1.807, 2.05) is 70.9 Å². The highest BCUT2D eigenvalue weighted by Gasteiger charge is 2.25. The first-order valence-electron chi connectivity index (χ1n) is 13.5. The van der Waals surface area contributed by atoms with Gasteiger partial charge in [-0.05, 0) is 47.0 Å². The fourth-order valence-electron chi connectivity index (χ4n) is 4.97. The molecule has 0 bridgehead atoms. The molecule has 2 amide bonds. The molecule has 4 aromatic carbocycles. The van der Waals surface area contributed by atoms with E-state index in [0.29, 0.717) is 22.7 Å². The van der Waals surface area contributed by atoms with Gasteiger partial charge in [0.2, 0.25) is 0 Å². The summed E-state index contributed by atoms with van der Waals surface area (Å²) in [6.45, 7) is 0.704. The fourth-order valence-corrected chi connectivity index (χ4v) is 6.05. The molecule has 0 aliphatic carbocycles. The molecule has 0 saturated heterocycles. The van der Waals surface area contributed by atoms with E-state index in [4.69, 9.17) is 16.7 Å². The molecule has 0 aliphatic heterocycles. The monoisotopic (exact) mass is 596 g/mol. The number of amides is 2. The Morgan fingerprint density at radius 2 is 1.55 bits per heavy atom. The molecule has 5 aromatic rings. The van der Waals surface area contributed by atoms with Crippen LogP contribution in [0.25, 0.3) is 10.1 Å². The summed E-state index contributed by atoms with van der Waals surface area (Å²) in [6.07, 6.45) is -0.160. The van der Waals surface area contributed by atoms with Crippen molar-refractivity contribution in [1.29, 1.82) is 0 Å². The van der Waals surface area contributed by atoms with Gasteiger partial charge in [0.15, 0.2) is 0 Å². The summed E-state index contributed by atoms with van der Waals surface area (Å²) >= 11 is 7.82. The highest BCUT2D eigenvalue weighted by Crippen LogP contribution is 2.32. The molecule has 0 spiro atoms. The van der Waals surface area contributed by atoms with Crippen LogP contribution in [0.15, 0.2) is 109 Å². The molecular formula is C34H29ClN2O4S. The lowest BCUT2D eigenvalue weighted by Gasteiger charge is -2.29. The summed E-state index contributed by atoms with van der Waals surface area (Å²) in [7, 11) is 0. The van der Waals surface area contributed by atoms with E-state index in [1.165, 1.54) is 11.3 Å². The molecule has 0 fully saturated rings. The topological polar surface area (TPSA) is 86.7 Å². The smallest absolute Gasteiger partial charge is 0.305 e. The summed E-state index contributed by atoms with van der Waals surface area (Å²) < 4.78 is 0.977. The zero-order chi connectivity index (χ0) is 29.5. The van der Waals surface area contributed by atoms with Crippen molar-refractivity contribution >= 4 is 50.8 Å². The van der Waals surface area contributed by atoms with Crippen molar-refractivity contribution < 1.29 is 19.5 Å². The number of nitrogens with one attached hydrogen (secondary N) is 1. The van der Waals surface area contributed by atoms with Gasteiger partial charge in [-0.2, -0.15) is 0 Å². The number of fused-ring (bicyclic) bond motifs is 1. The maximum atomic E-state index is 14.3. The van der Waals surface area contributed by atoms with Gasteiger partial charge in [0, 0.05) is 51.6 Å². The Morgan fingerprint density at radius 1 is 0.857 bits per heavy atom. The number of halogens is 1. The van der Waals surface area contributed by atoms with Gasteiger partial charge in [-0.15, -0.1) is 11.3 Å². The highest BCUT2D eigenvalue weighted by molar-refractivity contribution is 7.17. The first kappa shape index (κ1) is 29.0. The van der Waals surface area contributed by atoms with E-state index >= 15 is 0 Å². The van der Waals surface area contributed by atoms with Crippen molar-refractivity contribution in [2.45, 2.75) is 18.9 Å². The third-order valence-corrected chi connectivity index (χ3v) is 8.25. The second-order valence-electron chi connectivity index (χ2n) is 9.95. The number of hydrogen-bond acceptors (Lipinski definition) is 4. The van der Waals surface area contributed by atoms with Crippen molar-refractivity contribution in [3.63, 3.8) is 0 Å². The Hall–Kier alpha value is -4.46. The third-order valence-electron chi connectivity index (χ3n) is 7.05. The molecule has 42 heavy (non-hydrogen) atoms. The highest BCUT2D eigenvalue weighted by atomic mass is 35.5. The largest absolute Gasteiger partial charge is 0.481 e. The van der Waals surface area contributed by atoms with Crippen LogP contribution in [0.3, 0.4) is 0 Å². The van der Waals surface area contributed by atoms with E-state index in [2.05, 4.69) is 29.6 Å². The third kappa shape index (κ3) is 7.05. The van der Waals surface area contributed by atoms with Crippen LogP contribution in [0.2, 0.25) is 5.02 Å². The van der Waals surface area contributed by atoms with E-state index in [-0.39, 0.29) is 37.2 Å². The normalized spacial score (nSPS) is 11.0. The maximum Gasteiger partial charge on any atom is 0.305 e. The second-order valence-corrected chi connectivity index (χ2v) is 11.3. The predicted molar refractivity (Wildman–Crippen MR) is 167 cm³/mol. The lowest BCUT2D eigenvalue weighted by atomic mass is 9.90. The van der Waals surface area contributed by atoms with E-state index < -0.39 is 5.97 Å². The van der Waals surface area contributed by atoms with Gasteiger partial charge in [0.25, 0.3) is 11.8 Å². The number of carboxylic acid groups (broad SMARTS) is 1. The number of nitrogens with zero attached hydrogens (tertiary/aromatic N) is 1. The molecule has 6 nitrogen and oxygen atoms in total. The lowest BCUT2D eigenvalue weighted by molar-refractivity contribution is -0.136. The van der Waals surface area contributed by atoms with Gasteiger partial charge in [0.1, 0.15) is 0 Å². The average Bonchev–Trinajstić information content (AvgIpc) is 3.42. The second kappa shape index (κ2) is 13.5. The maximum absolute atomic E-state index is 14.3. The zero-order valence-electron chi connectivity index (χ0n) is 22.7. The summed E-state index contributed by atoms with van der Waals surface area (Å²) in [6, 6.07) is 32.9. The van der Waals surface area contributed by atoms with Crippen molar-refractivity contribution in [2.24, 2.45) is 0 Å². The van der Waals surface area contributed by atoms with E-state index in [9.17, 15) is 14.4 Å². The lowest BCUT2D eigenvalue weighted by Crippen LogP contribution is -2.34. The van der Waals surface area contributed by atoms with Gasteiger partial charge in [-0.25, -0.2) is 0 Å². The Bertz CT molecular complexity index is 1670. The number of thiophene rings is 1. The Kier molecular flexibility index (Phi) is 9.31. The number of carbonyl (C=O) groups is 3. The molecule has 0 radical (unpaired) electrons. The van der Waals surface area contributed by atoms with Gasteiger partial charge in [0.05, 0.1) is 12.0 Å². The number of hydrogen-bond donors (Lipinski definition) is 2. The van der Waals surface area contributed by atoms with Crippen LogP contribution in [-0.4, -0.2) is 40.9 Å². The molecule has 212 valence electrons. The number of carboxylic acids is 1. The molecule has 2 N–H and O–H groups in total. The van der Waals surface area contributed by atoms with Crippen LogP contribution in [0.5, 0.6) is 0 Å². The van der Waals surface area contributed by atoms with Gasteiger partial charge < -0.3 is 15.3 Å². The van der Waals surface area contributed by atoms with Crippen LogP contribution >= 0.6 is 22.9 Å². The Labute approximate surface area is 253 Å². The van der Waals surface area contributed by atoms with Crippen LogP contribution in [-0.2, 0) is 11.3 Å². The Morgan fingerprint density at radius 3 is 2.21 bits per heavy atom. The van der Waals surface area contributed by atoms with Crippen molar-refractivity contribution in [2.75, 3.05) is 13.1 Å². The van der Waals surface area contributed by atoms with Crippen LogP contribution in [0, 0.1) is 0 Å². The number of rotatable bonds is 11. The zero-order valence-corrected chi connectivity index (χ0v) is 24.3. The number of carbonyl (C=O) groups excluding carboxylic acids is 2. The molecule has 5 rings (SSSR count). The van der Waals surface area contributed by atoms with Crippen molar-refractivity contribution in [3.8, 4) is 0 Å². The van der Waals surface area contributed by atoms with Crippen LogP contribution in [0.1, 0.15) is 49.7 Å². The molecule has 0 atom stereocenters. The Balaban J connectivity index is 1.50. The molecule has 0 aliphatic rings. The standard InChI is InChI=1S/C34H29ClN2O4S/c35-27-14-15-31-28(19-27)30(22-42-31)34(41)37(20-23-8-7-13-26(18-23)33(40)36-17-16-32(38)39)21-29(24-9-3-1-4-10-24)25-11-5-2-6-12-25/h1-15,18-19,22,29H,16-17,20-21H2,(H,36,40)(H,38,39). The predicted octanol–water partition coefficient (Wildman–Crippen LogP) is 7.23. The van der Waals surface area contributed by atoms with Gasteiger partial charge in [-0.3, -0.25) is 14.4 Å². The minimum absolute atomic E-state index is 0.0344. The van der Waals surface area contributed by atoms with Crippen molar-refractivity contribution in [1.82, 2.24) is 10.2 Å². The fraction of sp³-hybridized carbons (Fsp3) is 0.147. The number of benzene rings is 4. The van der Waals surface area contributed by atoms with Crippen LogP contribution in [0.4, 0.5) is 0 Å². The summed E-state index contributed by atoms with van der Waals surface area (Å²) in [5, 5.41) is 14.8. The minimum atomic E-state index is -0.980. The first-order valence-corrected chi connectivity index (χ1v) is 14.8. The average molecular weight is 597 g/mol. The summed E-state index contributed by atoms with van der Waals surface area (Å²) in [5.74, 6) is -1.56. The summed E-state index contributed by atoms with van der Waals surface area (Å²) in [4.78, 5) is 39.7. The van der Waals surface area contributed by atoms with Crippen molar-refractivity contribution in [3.05, 3.63) is 141 Å². The molecule has 8 heteroatoms. The number of aliphatic carboxylic acids is 1. The van der Waals surface area contributed by atoms with Gasteiger partial charge >= 0.3 is 5.97 Å². The quantitative estimate of drug-likeness (QED) is 0.168. The molecule has 0 unspecified atom stereocenters. The molecule has 0 saturated carbocycles. The molecule has 1 aromatic heterocycles. The van der Waals surface area contributed by atoms with Crippen LogP contribution < -0.4 is 5.32 Å². The first-order chi connectivity index (χ1) is 20.4. The minimum Gasteiger partial charge on any atom is -0.481 e. The summed E-state index contributed by atoms with van der Waals surface area (Å²) in [5.41, 5.74) is 3.95. The molecule has 1 heterocycles. The van der Waals surface area contributed by atoms with Gasteiger partial charge in [-0.1, -0.05) is 84.4 Å². The van der Waals surface area contributed by atoms with E-state index in [1.54, 1.807) is 18.2 Å².